The van der Waals surface area contributed by atoms with Crippen LogP contribution in [0.15, 0.2) is 60.7 Å². The first-order valence-corrected chi connectivity index (χ1v) is 11.4. The van der Waals surface area contributed by atoms with Crippen molar-refractivity contribution >= 4 is 17.6 Å². The Morgan fingerprint density at radius 1 is 0.806 bits per heavy atom. The lowest BCUT2D eigenvalue weighted by Gasteiger charge is -2.19. The molecule has 3 aromatic rings. The average Bonchev–Trinajstić information content (AvgIpc) is 2.90. The Hall–Kier alpha value is -4.20. The van der Waals surface area contributed by atoms with Crippen molar-refractivity contribution in [3.63, 3.8) is 0 Å². The zero-order valence-electron chi connectivity index (χ0n) is 21.1. The van der Waals surface area contributed by atoms with E-state index in [1.807, 2.05) is 19.1 Å². The molecule has 0 saturated carbocycles. The maximum Gasteiger partial charge on any atom is 0.307 e. The molecule has 0 radical (unpaired) electrons. The van der Waals surface area contributed by atoms with E-state index in [4.69, 9.17) is 23.7 Å². The summed E-state index contributed by atoms with van der Waals surface area (Å²) in [7, 11) is 6.11. The maximum atomic E-state index is 13.2. The molecule has 36 heavy (non-hydrogen) atoms. The number of nitrogens with one attached hydrogen (secondary N) is 1. The van der Waals surface area contributed by atoms with Gasteiger partial charge in [0.2, 0.25) is 11.9 Å². The van der Waals surface area contributed by atoms with Crippen LogP contribution >= 0.6 is 0 Å². The van der Waals surface area contributed by atoms with Crippen LogP contribution in [0.25, 0.3) is 0 Å². The van der Waals surface area contributed by atoms with Crippen molar-refractivity contribution in [1.29, 1.82) is 0 Å². The van der Waals surface area contributed by atoms with Gasteiger partial charge in [0.1, 0.15) is 5.75 Å². The standard InChI is InChI=1S/C28H31NO7/c1-18-11-13-22(32-2)21(15-18)29-28(31)26(20-9-7-6-8-10-20)36-25(30)14-12-19-16-23(33-3)27(35-5)24(17-19)34-4/h6-11,13,15-17,26H,12,14H2,1-5H3,(H,29,31). The van der Waals surface area contributed by atoms with E-state index in [-0.39, 0.29) is 6.42 Å². The lowest BCUT2D eigenvalue weighted by Crippen LogP contribution is -2.26. The van der Waals surface area contributed by atoms with Gasteiger partial charge in [-0.1, -0.05) is 36.4 Å². The number of anilines is 1. The fraction of sp³-hybridized carbons (Fsp3) is 0.286. The molecule has 0 aliphatic rings. The topological polar surface area (TPSA) is 92.3 Å². The molecule has 1 atom stereocenters. The molecule has 8 heteroatoms. The molecule has 1 N–H and O–H groups in total. The number of hydrogen-bond acceptors (Lipinski definition) is 7. The molecule has 0 spiro atoms. The number of aryl methyl sites for hydroxylation is 2. The minimum Gasteiger partial charge on any atom is -0.495 e. The average molecular weight is 494 g/mol. The molecule has 1 unspecified atom stereocenters. The van der Waals surface area contributed by atoms with Gasteiger partial charge in [-0.3, -0.25) is 9.59 Å². The Kier molecular flexibility index (Phi) is 9.16. The number of ether oxygens (including phenoxy) is 5. The quantitative estimate of drug-likeness (QED) is 0.381. The molecule has 0 saturated heterocycles. The number of carbonyl (C=O) groups is 2. The molecule has 0 heterocycles. The van der Waals surface area contributed by atoms with Crippen molar-refractivity contribution in [3.8, 4) is 23.0 Å². The van der Waals surface area contributed by atoms with Crippen LogP contribution in [0.2, 0.25) is 0 Å². The first-order valence-electron chi connectivity index (χ1n) is 11.4. The van der Waals surface area contributed by atoms with Crippen LogP contribution in [0, 0.1) is 6.92 Å². The van der Waals surface area contributed by atoms with Gasteiger partial charge in [-0.05, 0) is 48.7 Å². The summed E-state index contributed by atoms with van der Waals surface area (Å²) in [6.45, 7) is 1.91. The number of carbonyl (C=O) groups excluding carboxylic acids is 2. The van der Waals surface area contributed by atoms with Crippen molar-refractivity contribution < 1.29 is 33.3 Å². The molecule has 0 aromatic heterocycles. The molecule has 0 aliphatic carbocycles. The number of benzene rings is 3. The van der Waals surface area contributed by atoms with E-state index < -0.39 is 18.0 Å². The van der Waals surface area contributed by atoms with Crippen LogP contribution in [-0.2, 0) is 20.7 Å². The molecule has 1 amide bonds. The smallest absolute Gasteiger partial charge is 0.307 e. The number of amides is 1. The van der Waals surface area contributed by atoms with E-state index in [2.05, 4.69) is 5.32 Å². The third kappa shape index (κ3) is 6.47. The molecule has 8 nitrogen and oxygen atoms in total. The summed E-state index contributed by atoms with van der Waals surface area (Å²) in [6, 6.07) is 17.9. The molecule has 0 aliphatic heterocycles. The summed E-state index contributed by atoms with van der Waals surface area (Å²) in [5, 5.41) is 2.83. The van der Waals surface area contributed by atoms with Gasteiger partial charge in [-0.25, -0.2) is 0 Å². The van der Waals surface area contributed by atoms with Gasteiger partial charge in [0.05, 0.1) is 34.1 Å². The largest absolute Gasteiger partial charge is 0.495 e. The highest BCUT2D eigenvalue weighted by atomic mass is 16.5. The van der Waals surface area contributed by atoms with Crippen molar-refractivity contribution in [2.75, 3.05) is 33.8 Å². The molecule has 3 aromatic carbocycles. The zero-order valence-corrected chi connectivity index (χ0v) is 21.1. The third-order valence-corrected chi connectivity index (χ3v) is 5.54. The minimum absolute atomic E-state index is 0.0447. The van der Waals surface area contributed by atoms with Crippen LogP contribution in [0.4, 0.5) is 5.69 Å². The summed E-state index contributed by atoms with van der Waals surface area (Å²) >= 11 is 0. The van der Waals surface area contributed by atoms with Crippen LogP contribution in [0.3, 0.4) is 0 Å². The van der Waals surface area contributed by atoms with E-state index in [1.54, 1.807) is 48.5 Å². The summed E-state index contributed by atoms with van der Waals surface area (Å²) < 4.78 is 27.1. The Morgan fingerprint density at radius 3 is 2.03 bits per heavy atom. The van der Waals surface area contributed by atoms with E-state index in [9.17, 15) is 9.59 Å². The third-order valence-electron chi connectivity index (χ3n) is 5.54. The second kappa shape index (κ2) is 12.5. The Labute approximate surface area is 211 Å². The van der Waals surface area contributed by atoms with E-state index in [0.717, 1.165) is 11.1 Å². The summed E-state index contributed by atoms with van der Waals surface area (Å²) in [6.07, 6.45) is -0.739. The van der Waals surface area contributed by atoms with Crippen molar-refractivity contribution in [1.82, 2.24) is 0 Å². The van der Waals surface area contributed by atoms with Crippen molar-refractivity contribution in [2.24, 2.45) is 0 Å². The van der Waals surface area contributed by atoms with Crippen LogP contribution in [-0.4, -0.2) is 40.3 Å². The number of rotatable bonds is 11. The summed E-state index contributed by atoms with van der Waals surface area (Å²) in [5.41, 5.74) is 2.80. The van der Waals surface area contributed by atoms with E-state index in [1.165, 1.54) is 28.4 Å². The Morgan fingerprint density at radius 2 is 1.44 bits per heavy atom. The second-order valence-electron chi connectivity index (χ2n) is 8.01. The molecular weight excluding hydrogens is 462 g/mol. The first-order chi connectivity index (χ1) is 17.4. The highest BCUT2D eigenvalue weighted by Gasteiger charge is 2.26. The molecule has 3 rings (SSSR count). The van der Waals surface area contributed by atoms with E-state index in [0.29, 0.717) is 40.7 Å². The van der Waals surface area contributed by atoms with Gasteiger partial charge < -0.3 is 29.0 Å². The second-order valence-corrected chi connectivity index (χ2v) is 8.01. The number of methoxy groups -OCH3 is 4. The minimum atomic E-state index is -1.14. The molecule has 190 valence electrons. The zero-order chi connectivity index (χ0) is 26.1. The first kappa shape index (κ1) is 26.4. The molecular formula is C28H31NO7. The Bertz CT molecular complexity index is 1170. The SMILES string of the molecule is COc1ccc(C)cc1NC(=O)C(OC(=O)CCc1cc(OC)c(OC)c(OC)c1)c1ccccc1. The van der Waals surface area contributed by atoms with Gasteiger partial charge in [-0.15, -0.1) is 0 Å². The van der Waals surface area contributed by atoms with Crippen LogP contribution in [0.1, 0.15) is 29.2 Å². The van der Waals surface area contributed by atoms with Gasteiger partial charge in [-0.2, -0.15) is 0 Å². The van der Waals surface area contributed by atoms with Crippen molar-refractivity contribution in [2.45, 2.75) is 25.9 Å². The normalized spacial score (nSPS) is 11.2. The van der Waals surface area contributed by atoms with Crippen LogP contribution < -0.4 is 24.3 Å². The highest BCUT2D eigenvalue weighted by molar-refractivity contribution is 5.97. The molecule has 0 bridgehead atoms. The lowest BCUT2D eigenvalue weighted by atomic mass is 10.1. The van der Waals surface area contributed by atoms with Gasteiger partial charge in [0.25, 0.3) is 5.91 Å². The molecule has 0 fully saturated rings. The predicted octanol–water partition coefficient (Wildman–Crippen LogP) is 4.89. The monoisotopic (exact) mass is 493 g/mol. The summed E-state index contributed by atoms with van der Waals surface area (Å²) in [4.78, 5) is 26.1. The van der Waals surface area contributed by atoms with Gasteiger partial charge in [0.15, 0.2) is 11.5 Å². The maximum absolute atomic E-state index is 13.2. The van der Waals surface area contributed by atoms with Crippen molar-refractivity contribution in [3.05, 3.63) is 77.4 Å². The van der Waals surface area contributed by atoms with Gasteiger partial charge in [0, 0.05) is 12.0 Å². The predicted molar refractivity (Wildman–Crippen MR) is 136 cm³/mol. The highest BCUT2D eigenvalue weighted by Crippen LogP contribution is 2.38. The number of esters is 1. The van der Waals surface area contributed by atoms with Gasteiger partial charge >= 0.3 is 5.97 Å². The number of hydrogen-bond donors (Lipinski definition) is 1. The fourth-order valence-corrected chi connectivity index (χ4v) is 3.74. The van der Waals surface area contributed by atoms with Crippen LogP contribution in [0.5, 0.6) is 23.0 Å². The fourth-order valence-electron chi connectivity index (χ4n) is 3.74. The van der Waals surface area contributed by atoms with E-state index >= 15 is 0 Å². The Balaban J connectivity index is 1.77. The lowest BCUT2D eigenvalue weighted by molar-refractivity contribution is -0.154. The summed E-state index contributed by atoms with van der Waals surface area (Å²) in [5.74, 6) is 0.964.